The molecule has 0 saturated carbocycles. The van der Waals surface area contributed by atoms with Gasteiger partial charge in [0.05, 0.1) is 6.20 Å². The van der Waals surface area contributed by atoms with Gasteiger partial charge >= 0.3 is 0 Å². The summed E-state index contributed by atoms with van der Waals surface area (Å²) in [6.07, 6.45) is 1.63. The zero-order valence-electron chi connectivity index (χ0n) is 9.61. The topological polar surface area (TPSA) is 78.0 Å². The molecule has 88 valence electrons. The fourth-order valence-electron chi connectivity index (χ4n) is 1.41. The Morgan fingerprint density at radius 1 is 1.35 bits per heavy atom. The molecule has 2 rings (SSSR count). The minimum absolute atomic E-state index is 0.110. The molecule has 1 amide bonds. The van der Waals surface area contributed by atoms with E-state index < -0.39 is 0 Å². The van der Waals surface area contributed by atoms with Gasteiger partial charge in [-0.1, -0.05) is 6.07 Å². The SMILES string of the molecule is Cc1ccc(C(=O)Nc2[nH]ncc2C)cc1O. The fourth-order valence-corrected chi connectivity index (χ4v) is 1.41. The van der Waals surface area contributed by atoms with Crippen LogP contribution in [0.5, 0.6) is 5.75 Å². The number of aromatic amines is 1. The van der Waals surface area contributed by atoms with Gasteiger partial charge in [0.15, 0.2) is 0 Å². The third-order valence-corrected chi connectivity index (χ3v) is 2.54. The maximum Gasteiger partial charge on any atom is 0.256 e. The number of carbonyl (C=O) groups is 1. The van der Waals surface area contributed by atoms with E-state index in [1.165, 1.54) is 6.07 Å². The molecule has 0 fully saturated rings. The van der Waals surface area contributed by atoms with Crippen LogP contribution in [0.1, 0.15) is 21.5 Å². The zero-order valence-corrected chi connectivity index (χ0v) is 9.61. The van der Waals surface area contributed by atoms with Gasteiger partial charge in [-0.05, 0) is 31.5 Å². The summed E-state index contributed by atoms with van der Waals surface area (Å²) in [6, 6.07) is 4.80. The van der Waals surface area contributed by atoms with E-state index >= 15 is 0 Å². The first kappa shape index (κ1) is 11.2. The van der Waals surface area contributed by atoms with E-state index in [1.807, 2.05) is 6.92 Å². The lowest BCUT2D eigenvalue weighted by Crippen LogP contribution is -2.12. The number of nitrogens with zero attached hydrogens (tertiary/aromatic N) is 1. The molecule has 5 nitrogen and oxygen atoms in total. The summed E-state index contributed by atoms with van der Waals surface area (Å²) in [5, 5.41) is 18.7. The monoisotopic (exact) mass is 231 g/mol. The number of hydrogen-bond donors (Lipinski definition) is 3. The second-order valence-electron chi connectivity index (χ2n) is 3.88. The number of anilines is 1. The number of phenols is 1. The van der Waals surface area contributed by atoms with Crippen LogP contribution in [0.3, 0.4) is 0 Å². The lowest BCUT2D eigenvalue weighted by atomic mass is 10.1. The van der Waals surface area contributed by atoms with Crippen molar-refractivity contribution in [3.05, 3.63) is 41.1 Å². The number of phenolic OH excluding ortho intramolecular Hbond substituents is 1. The largest absolute Gasteiger partial charge is 0.508 e. The number of carbonyl (C=O) groups excluding carboxylic acids is 1. The molecule has 2 aromatic rings. The second kappa shape index (κ2) is 4.29. The van der Waals surface area contributed by atoms with Crippen molar-refractivity contribution in [1.82, 2.24) is 10.2 Å². The molecule has 0 aliphatic carbocycles. The van der Waals surface area contributed by atoms with Crippen molar-refractivity contribution in [3.8, 4) is 5.75 Å². The Labute approximate surface area is 98.5 Å². The Bertz CT molecular complexity index is 561. The molecule has 0 spiro atoms. The predicted octanol–water partition coefficient (Wildman–Crippen LogP) is 1.98. The number of aryl methyl sites for hydroxylation is 2. The van der Waals surface area contributed by atoms with Crippen molar-refractivity contribution in [2.75, 3.05) is 5.32 Å². The maximum atomic E-state index is 11.9. The molecule has 0 saturated heterocycles. The van der Waals surface area contributed by atoms with E-state index in [1.54, 1.807) is 25.3 Å². The lowest BCUT2D eigenvalue weighted by molar-refractivity contribution is 0.102. The first-order chi connectivity index (χ1) is 8.08. The van der Waals surface area contributed by atoms with Crippen LogP contribution in [0.25, 0.3) is 0 Å². The molecule has 0 radical (unpaired) electrons. The van der Waals surface area contributed by atoms with Crippen LogP contribution >= 0.6 is 0 Å². The smallest absolute Gasteiger partial charge is 0.256 e. The van der Waals surface area contributed by atoms with E-state index in [0.29, 0.717) is 11.4 Å². The number of rotatable bonds is 2. The molecule has 0 aliphatic rings. The summed E-state index contributed by atoms with van der Waals surface area (Å²) < 4.78 is 0. The Kier molecular flexibility index (Phi) is 2.82. The van der Waals surface area contributed by atoms with E-state index in [0.717, 1.165) is 11.1 Å². The summed E-state index contributed by atoms with van der Waals surface area (Å²) >= 11 is 0. The van der Waals surface area contributed by atoms with Crippen LogP contribution < -0.4 is 5.32 Å². The van der Waals surface area contributed by atoms with Gasteiger partial charge < -0.3 is 10.4 Å². The number of H-pyrrole nitrogens is 1. The average molecular weight is 231 g/mol. The van der Waals surface area contributed by atoms with Gasteiger partial charge in [0.25, 0.3) is 5.91 Å². The van der Waals surface area contributed by atoms with Gasteiger partial charge in [0.1, 0.15) is 11.6 Å². The highest BCUT2D eigenvalue weighted by molar-refractivity contribution is 6.04. The summed E-state index contributed by atoms with van der Waals surface area (Å²) in [4.78, 5) is 11.9. The molecule has 5 heteroatoms. The number of nitrogens with one attached hydrogen (secondary N) is 2. The highest BCUT2D eigenvalue weighted by Crippen LogP contribution is 2.18. The van der Waals surface area contributed by atoms with Crippen LogP contribution in [0.2, 0.25) is 0 Å². The van der Waals surface area contributed by atoms with E-state index in [2.05, 4.69) is 15.5 Å². The number of aromatic nitrogens is 2. The number of aromatic hydroxyl groups is 1. The van der Waals surface area contributed by atoms with Gasteiger partial charge in [-0.25, -0.2) is 0 Å². The van der Waals surface area contributed by atoms with Crippen molar-refractivity contribution in [2.45, 2.75) is 13.8 Å². The summed E-state index contributed by atoms with van der Waals surface area (Å²) in [6.45, 7) is 3.61. The molecule has 17 heavy (non-hydrogen) atoms. The highest BCUT2D eigenvalue weighted by Gasteiger charge is 2.10. The molecule has 3 N–H and O–H groups in total. The average Bonchev–Trinajstić information content (AvgIpc) is 2.68. The minimum atomic E-state index is -0.285. The maximum absolute atomic E-state index is 11.9. The molecule has 1 heterocycles. The molecule has 1 aromatic carbocycles. The minimum Gasteiger partial charge on any atom is -0.508 e. The molecule has 1 aromatic heterocycles. The van der Waals surface area contributed by atoms with Crippen molar-refractivity contribution >= 4 is 11.7 Å². The molecule has 0 atom stereocenters. The molecular formula is C12H13N3O2. The third-order valence-electron chi connectivity index (χ3n) is 2.54. The van der Waals surface area contributed by atoms with Crippen LogP contribution in [0, 0.1) is 13.8 Å². The lowest BCUT2D eigenvalue weighted by Gasteiger charge is -2.05. The van der Waals surface area contributed by atoms with E-state index in [-0.39, 0.29) is 11.7 Å². The van der Waals surface area contributed by atoms with Gasteiger partial charge in [-0.3, -0.25) is 9.89 Å². The Balaban J connectivity index is 2.20. The summed E-state index contributed by atoms with van der Waals surface area (Å²) in [7, 11) is 0. The number of benzene rings is 1. The normalized spacial score (nSPS) is 10.2. The highest BCUT2D eigenvalue weighted by atomic mass is 16.3. The Morgan fingerprint density at radius 2 is 2.12 bits per heavy atom. The summed E-state index contributed by atoms with van der Waals surface area (Å²) in [5.41, 5.74) is 2.00. The van der Waals surface area contributed by atoms with Crippen LogP contribution in [-0.2, 0) is 0 Å². The van der Waals surface area contributed by atoms with E-state index in [4.69, 9.17) is 0 Å². The quantitative estimate of drug-likeness (QED) is 0.739. The van der Waals surface area contributed by atoms with Gasteiger partial charge in [-0.2, -0.15) is 5.10 Å². The van der Waals surface area contributed by atoms with Gasteiger partial charge in [0, 0.05) is 11.1 Å². The second-order valence-corrected chi connectivity index (χ2v) is 3.88. The van der Waals surface area contributed by atoms with Crippen molar-refractivity contribution < 1.29 is 9.90 Å². The standard InChI is InChI=1S/C12H13N3O2/c1-7-3-4-9(5-10(7)16)12(17)14-11-8(2)6-13-15-11/h3-6,16H,1-2H3,(H2,13,14,15,17). The van der Waals surface area contributed by atoms with Crippen molar-refractivity contribution in [2.24, 2.45) is 0 Å². The molecule has 0 bridgehead atoms. The fraction of sp³-hybridized carbons (Fsp3) is 0.167. The number of hydrogen-bond acceptors (Lipinski definition) is 3. The summed E-state index contributed by atoms with van der Waals surface area (Å²) in [5.74, 6) is 0.390. The van der Waals surface area contributed by atoms with E-state index in [9.17, 15) is 9.90 Å². The molecular weight excluding hydrogens is 218 g/mol. The first-order valence-electron chi connectivity index (χ1n) is 5.19. The van der Waals surface area contributed by atoms with Crippen LogP contribution in [0.4, 0.5) is 5.82 Å². The van der Waals surface area contributed by atoms with Crippen LogP contribution in [0.15, 0.2) is 24.4 Å². The number of amides is 1. The predicted molar refractivity (Wildman–Crippen MR) is 64.1 cm³/mol. The van der Waals surface area contributed by atoms with Crippen LogP contribution in [-0.4, -0.2) is 21.2 Å². The van der Waals surface area contributed by atoms with Crippen molar-refractivity contribution in [3.63, 3.8) is 0 Å². The van der Waals surface area contributed by atoms with Crippen molar-refractivity contribution in [1.29, 1.82) is 0 Å². The van der Waals surface area contributed by atoms with Gasteiger partial charge in [0.2, 0.25) is 0 Å². The molecule has 0 aliphatic heterocycles. The third kappa shape index (κ3) is 2.28. The van der Waals surface area contributed by atoms with Gasteiger partial charge in [-0.15, -0.1) is 0 Å². The Morgan fingerprint density at radius 3 is 2.71 bits per heavy atom. The first-order valence-corrected chi connectivity index (χ1v) is 5.19. The Hall–Kier alpha value is -2.30. The zero-order chi connectivity index (χ0) is 12.4. The molecule has 0 unspecified atom stereocenters.